The molecule has 100 valence electrons. The molecule has 0 aromatic carbocycles. The van der Waals surface area contributed by atoms with Gasteiger partial charge in [0, 0.05) is 0 Å². The van der Waals surface area contributed by atoms with E-state index in [9.17, 15) is 10.1 Å². The van der Waals surface area contributed by atoms with E-state index in [2.05, 4.69) is 11.9 Å². The van der Waals surface area contributed by atoms with Crippen LogP contribution in [0.25, 0.3) is 0 Å². The van der Waals surface area contributed by atoms with Crippen molar-refractivity contribution in [1.29, 1.82) is 0 Å². The van der Waals surface area contributed by atoms with Crippen LogP contribution in [-0.2, 0) is 4.65 Å². The van der Waals surface area contributed by atoms with Crippen LogP contribution < -0.4 is 0 Å². The molecule has 0 aliphatic carbocycles. The van der Waals surface area contributed by atoms with Gasteiger partial charge in [-0.3, -0.25) is 0 Å². The van der Waals surface area contributed by atoms with Crippen LogP contribution in [0.4, 0.5) is 0 Å². The third kappa shape index (κ3) is 3.95. The average Bonchev–Trinajstić information content (AvgIpc) is 2.16. The van der Waals surface area contributed by atoms with E-state index in [0.717, 1.165) is 25.9 Å². The predicted molar refractivity (Wildman–Crippen MR) is 69.9 cm³/mol. The number of rotatable bonds is 4. The molecular weight excluding hydrogens is 217 g/mol. The van der Waals surface area contributed by atoms with Crippen molar-refractivity contribution < 1.29 is 14.8 Å². The van der Waals surface area contributed by atoms with Gasteiger partial charge in [0.1, 0.15) is 0 Å². The van der Waals surface area contributed by atoms with Crippen LogP contribution in [0, 0.1) is 0 Å². The number of aliphatic hydroxyl groups is 1. The Morgan fingerprint density at radius 3 is 2.06 bits per heavy atom. The molecule has 1 heterocycles. The van der Waals surface area contributed by atoms with Gasteiger partial charge in [0.25, 0.3) is 0 Å². The summed E-state index contributed by atoms with van der Waals surface area (Å²) in [6, 6.07) is 0. The van der Waals surface area contributed by atoms with Gasteiger partial charge in [-0.05, 0) is 66.5 Å². The molecule has 2 N–H and O–H groups in total. The molecule has 1 rings (SSSR count). The summed E-state index contributed by atoms with van der Waals surface area (Å²) >= 11 is 0. The van der Waals surface area contributed by atoms with Crippen LogP contribution >= 0.6 is 0 Å². The highest BCUT2D eigenvalue weighted by atomic mass is 16.5. The van der Waals surface area contributed by atoms with Gasteiger partial charge in [-0.15, -0.1) is 0 Å². The Morgan fingerprint density at radius 2 is 1.65 bits per heavy atom. The fourth-order valence-electron chi connectivity index (χ4n) is 1.86. The van der Waals surface area contributed by atoms with Crippen molar-refractivity contribution in [3.63, 3.8) is 0 Å². The Kier molecular flexibility index (Phi) is 4.63. The summed E-state index contributed by atoms with van der Waals surface area (Å²) in [6.45, 7) is 9.02. The zero-order chi connectivity index (χ0) is 13.3. The van der Waals surface area contributed by atoms with Crippen LogP contribution in [0.15, 0.2) is 0 Å². The van der Waals surface area contributed by atoms with E-state index in [1.54, 1.807) is 13.8 Å². The molecule has 17 heavy (non-hydrogen) atoms. The smallest absolute Gasteiger partial charge is 0.427 e. The molecule has 0 bridgehead atoms. The standard InChI is InChI=1S/C12H26BNO3/c1-11(2,15)12(3,4)17-13(16)10-6-8-14(5)9-7-10/h10,15-16H,6-9H2,1-5H3. The van der Waals surface area contributed by atoms with E-state index in [0.29, 0.717) is 0 Å². The Bertz CT molecular complexity index is 245. The fourth-order valence-corrected chi connectivity index (χ4v) is 1.86. The topological polar surface area (TPSA) is 52.9 Å². The number of nitrogens with zero attached hydrogens (tertiary/aromatic N) is 1. The first kappa shape index (κ1) is 15.0. The number of hydrogen-bond donors (Lipinski definition) is 2. The van der Waals surface area contributed by atoms with Gasteiger partial charge in [0.2, 0.25) is 0 Å². The van der Waals surface area contributed by atoms with E-state index >= 15 is 0 Å². The minimum Gasteiger partial charge on any atom is -0.427 e. The molecule has 0 spiro atoms. The zero-order valence-electron chi connectivity index (χ0n) is 11.7. The summed E-state index contributed by atoms with van der Waals surface area (Å²) in [7, 11) is 1.30. The summed E-state index contributed by atoms with van der Waals surface area (Å²) in [6.07, 6.45) is 1.89. The second kappa shape index (κ2) is 5.27. The van der Waals surface area contributed by atoms with Crippen molar-refractivity contribution in [3.8, 4) is 0 Å². The average molecular weight is 243 g/mol. The molecule has 0 aromatic rings. The maximum absolute atomic E-state index is 10.1. The normalized spacial score (nSPS) is 20.6. The molecule has 1 fully saturated rings. The van der Waals surface area contributed by atoms with Gasteiger partial charge in [-0.1, -0.05) is 0 Å². The lowest BCUT2D eigenvalue weighted by Crippen LogP contribution is -2.52. The molecule has 0 saturated carbocycles. The van der Waals surface area contributed by atoms with Crippen molar-refractivity contribution in [1.82, 2.24) is 4.90 Å². The summed E-state index contributed by atoms with van der Waals surface area (Å²) in [5, 5.41) is 20.1. The van der Waals surface area contributed by atoms with Gasteiger partial charge >= 0.3 is 7.12 Å². The molecule has 5 heteroatoms. The molecule has 0 radical (unpaired) electrons. The minimum absolute atomic E-state index is 0.174. The van der Waals surface area contributed by atoms with Crippen molar-refractivity contribution in [2.45, 2.75) is 57.6 Å². The van der Waals surface area contributed by atoms with Gasteiger partial charge in [0.05, 0.1) is 11.2 Å². The molecule has 1 aliphatic rings. The number of likely N-dealkylation sites (tertiary alicyclic amines) is 1. The summed E-state index contributed by atoms with van der Waals surface area (Å²) < 4.78 is 5.66. The SMILES string of the molecule is CN1CCC(B(O)OC(C)(C)C(C)(C)O)CC1. The first-order valence-corrected chi connectivity index (χ1v) is 6.40. The molecule has 1 saturated heterocycles. The lowest BCUT2D eigenvalue weighted by atomic mass is 9.66. The van der Waals surface area contributed by atoms with E-state index in [4.69, 9.17) is 4.65 Å². The summed E-state index contributed by atoms with van der Waals surface area (Å²) in [5.41, 5.74) is -1.73. The molecule has 0 amide bonds. The van der Waals surface area contributed by atoms with Crippen molar-refractivity contribution in [3.05, 3.63) is 0 Å². The Hall–Kier alpha value is -0.0951. The second-order valence-corrected chi connectivity index (χ2v) is 6.22. The van der Waals surface area contributed by atoms with Crippen molar-refractivity contribution >= 4 is 7.12 Å². The highest BCUT2D eigenvalue weighted by Crippen LogP contribution is 2.31. The second-order valence-electron chi connectivity index (χ2n) is 6.22. The third-order valence-corrected chi connectivity index (χ3v) is 4.06. The van der Waals surface area contributed by atoms with E-state index in [1.807, 2.05) is 13.8 Å². The Morgan fingerprint density at radius 1 is 1.18 bits per heavy atom. The van der Waals surface area contributed by atoms with Crippen molar-refractivity contribution in [2.24, 2.45) is 0 Å². The molecule has 0 unspecified atom stereocenters. The molecular formula is C12H26BNO3. The summed E-state index contributed by atoms with van der Waals surface area (Å²) in [4.78, 5) is 2.25. The van der Waals surface area contributed by atoms with E-state index in [-0.39, 0.29) is 5.82 Å². The maximum Gasteiger partial charge on any atom is 0.458 e. The first-order chi connectivity index (χ1) is 7.63. The van der Waals surface area contributed by atoms with Crippen LogP contribution in [0.2, 0.25) is 5.82 Å². The van der Waals surface area contributed by atoms with Crippen LogP contribution in [-0.4, -0.2) is 53.5 Å². The quantitative estimate of drug-likeness (QED) is 0.727. The van der Waals surface area contributed by atoms with Gasteiger partial charge in [-0.2, -0.15) is 0 Å². The predicted octanol–water partition coefficient (Wildman–Crippen LogP) is 1.13. The van der Waals surface area contributed by atoms with Gasteiger partial charge < -0.3 is 19.7 Å². The number of hydrogen-bond acceptors (Lipinski definition) is 4. The van der Waals surface area contributed by atoms with E-state index < -0.39 is 18.3 Å². The van der Waals surface area contributed by atoms with Crippen LogP contribution in [0.3, 0.4) is 0 Å². The Balaban J connectivity index is 2.51. The van der Waals surface area contributed by atoms with Gasteiger partial charge in [-0.25, -0.2) is 0 Å². The highest BCUT2D eigenvalue weighted by Gasteiger charge is 2.41. The lowest BCUT2D eigenvalue weighted by Gasteiger charge is -2.40. The van der Waals surface area contributed by atoms with E-state index in [1.165, 1.54) is 0 Å². The zero-order valence-corrected chi connectivity index (χ0v) is 11.7. The molecule has 0 aromatic heterocycles. The summed E-state index contributed by atoms with van der Waals surface area (Å²) in [5.74, 6) is 0.174. The fraction of sp³-hybridized carbons (Fsp3) is 1.00. The largest absolute Gasteiger partial charge is 0.458 e. The van der Waals surface area contributed by atoms with Crippen molar-refractivity contribution in [2.75, 3.05) is 20.1 Å². The third-order valence-electron chi connectivity index (χ3n) is 4.06. The van der Waals surface area contributed by atoms with Gasteiger partial charge in [0.15, 0.2) is 0 Å². The molecule has 1 aliphatic heterocycles. The lowest BCUT2D eigenvalue weighted by molar-refractivity contribution is -0.102. The first-order valence-electron chi connectivity index (χ1n) is 6.40. The maximum atomic E-state index is 10.1. The highest BCUT2D eigenvalue weighted by molar-refractivity contribution is 6.45. The van der Waals surface area contributed by atoms with Crippen LogP contribution in [0.1, 0.15) is 40.5 Å². The monoisotopic (exact) mass is 243 g/mol. The molecule has 0 atom stereocenters. The molecule has 4 nitrogen and oxygen atoms in total. The Labute approximate surface area is 105 Å². The minimum atomic E-state index is -0.973. The number of piperidine rings is 1. The van der Waals surface area contributed by atoms with Crippen LogP contribution in [0.5, 0.6) is 0 Å².